The molecule has 0 aromatic heterocycles. The Kier molecular flexibility index (Phi) is 1.97. The van der Waals surface area contributed by atoms with Gasteiger partial charge in [0.15, 0.2) is 0 Å². The van der Waals surface area contributed by atoms with Crippen LogP contribution < -0.4 is 5.32 Å². The van der Waals surface area contributed by atoms with Gasteiger partial charge in [-0.05, 0) is 27.6 Å². The SMILES string of the molecule is [2H]C([2H])([2H])[C@]([2H])(NC(=O)OC(C)(C)C)C(=O)O. The van der Waals surface area contributed by atoms with Crippen LogP contribution >= 0.6 is 0 Å². The van der Waals surface area contributed by atoms with Crippen molar-refractivity contribution in [2.45, 2.75) is 39.2 Å². The minimum Gasteiger partial charge on any atom is -0.480 e. The van der Waals surface area contributed by atoms with E-state index in [1.54, 1.807) is 0 Å². The number of nitrogens with one attached hydrogen (secondary N) is 1. The summed E-state index contributed by atoms with van der Waals surface area (Å²) in [4.78, 5) is 22.0. The zero-order chi connectivity index (χ0) is 14.1. The molecule has 0 aromatic carbocycles. The van der Waals surface area contributed by atoms with E-state index in [0.29, 0.717) is 0 Å². The third-order valence-electron chi connectivity index (χ3n) is 0.840. The van der Waals surface area contributed by atoms with Gasteiger partial charge in [-0.2, -0.15) is 0 Å². The Balaban J connectivity index is 4.93. The van der Waals surface area contributed by atoms with Crippen molar-refractivity contribution in [1.29, 1.82) is 0 Å². The van der Waals surface area contributed by atoms with Gasteiger partial charge in [-0.25, -0.2) is 4.79 Å². The topological polar surface area (TPSA) is 75.6 Å². The summed E-state index contributed by atoms with van der Waals surface area (Å²) < 4.78 is 32.8. The number of hydrogen-bond acceptors (Lipinski definition) is 3. The average Bonchev–Trinajstić information content (AvgIpc) is 1.96. The van der Waals surface area contributed by atoms with Crippen molar-refractivity contribution in [3.8, 4) is 0 Å². The van der Waals surface area contributed by atoms with Crippen molar-refractivity contribution < 1.29 is 24.9 Å². The summed E-state index contributed by atoms with van der Waals surface area (Å²) in [6, 6.07) is -3.13. The first-order chi connectivity index (χ1) is 7.29. The van der Waals surface area contributed by atoms with Crippen LogP contribution in [-0.2, 0) is 9.53 Å². The number of ether oxygens (including phenoxy) is 1. The fourth-order valence-corrected chi connectivity index (χ4v) is 0.459. The Morgan fingerprint density at radius 3 is 2.46 bits per heavy atom. The summed E-state index contributed by atoms with van der Waals surface area (Å²) in [5.41, 5.74) is -0.918. The van der Waals surface area contributed by atoms with E-state index in [2.05, 4.69) is 0 Å². The van der Waals surface area contributed by atoms with Gasteiger partial charge in [0.1, 0.15) is 11.6 Å². The second kappa shape index (κ2) is 4.11. The number of amides is 1. The Labute approximate surface area is 82.7 Å². The molecule has 0 bridgehead atoms. The zero-order valence-corrected chi connectivity index (χ0v) is 7.67. The lowest BCUT2D eigenvalue weighted by atomic mass is 10.2. The van der Waals surface area contributed by atoms with Crippen LogP contribution in [0.3, 0.4) is 0 Å². The van der Waals surface area contributed by atoms with Gasteiger partial charge in [-0.15, -0.1) is 0 Å². The van der Waals surface area contributed by atoms with Gasteiger partial charge < -0.3 is 15.2 Å². The van der Waals surface area contributed by atoms with E-state index >= 15 is 0 Å². The molecule has 0 unspecified atom stereocenters. The van der Waals surface area contributed by atoms with Gasteiger partial charge in [0.2, 0.25) is 0 Å². The predicted molar refractivity (Wildman–Crippen MR) is 46.5 cm³/mol. The fourth-order valence-electron chi connectivity index (χ4n) is 0.459. The normalized spacial score (nSPS) is 21.2. The lowest BCUT2D eigenvalue weighted by Gasteiger charge is -2.20. The first-order valence-electron chi connectivity index (χ1n) is 5.54. The first-order valence-corrected chi connectivity index (χ1v) is 3.54. The lowest BCUT2D eigenvalue weighted by Crippen LogP contribution is -2.41. The minimum atomic E-state index is -3.21. The van der Waals surface area contributed by atoms with Gasteiger partial charge >= 0.3 is 12.1 Å². The number of carboxylic acid groups (broad SMARTS) is 1. The van der Waals surface area contributed by atoms with Crippen molar-refractivity contribution in [3.63, 3.8) is 0 Å². The van der Waals surface area contributed by atoms with Crippen molar-refractivity contribution in [2.75, 3.05) is 0 Å². The highest BCUT2D eigenvalue weighted by Crippen LogP contribution is 2.06. The van der Waals surface area contributed by atoms with E-state index in [9.17, 15) is 9.59 Å². The van der Waals surface area contributed by atoms with E-state index < -0.39 is 30.5 Å². The van der Waals surface area contributed by atoms with Crippen molar-refractivity contribution in [3.05, 3.63) is 0 Å². The maximum Gasteiger partial charge on any atom is 0.408 e. The molecule has 0 rings (SSSR count). The molecule has 1 atom stereocenters. The quantitative estimate of drug-likeness (QED) is 0.685. The second-order valence-electron chi connectivity index (χ2n) is 3.31. The highest BCUT2D eigenvalue weighted by Gasteiger charge is 2.20. The van der Waals surface area contributed by atoms with Crippen LogP contribution in [0, 0.1) is 0 Å². The summed E-state index contributed by atoms with van der Waals surface area (Å²) in [7, 11) is 0. The smallest absolute Gasteiger partial charge is 0.408 e. The highest BCUT2D eigenvalue weighted by molar-refractivity contribution is 5.79. The molecular formula is C8H15NO4. The molecule has 0 radical (unpaired) electrons. The molecule has 76 valence electrons. The zero-order valence-electron chi connectivity index (χ0n) is 11.7. The molecule has 0 heterocycles. The Morgan fingerprint density at radius 2 is 2.15 bits per heavy atom. The van der Waals surface area contributed by atoms with Crippen molar-refractivity contribution >= 4 is 12.1 Å². The maximum atomic E-state index is 11.3. The molecule has 5 heteroatoms. The number of alkyl carbamates (subject to hydrolysis) is 1. The third-order valence-corrected chi connectivity index (χ3v) is 0.840. The Bertz CT molecular complexity index is 322. The molecule has 2 N–H and O–H groups in total. The van der Waals surface area contributed by atoms with Crippen LogP contribution in [0.15, 0.2) is 0 Å². The van der Waals surface area contributed by atoms with Gasteiger partial charge in [-0.3, -0.25) is 4.79 Å². The minimum absolute atomic E-state index is 0.918. The molecule has 0 fully saturated rings. The van der Waals surface area contributed by atoms with Gasteiger partial charge in [0.05, 0.1) is 1.37 Å². The highest BCUT2D eigenvalue weighted by atomic mass is 16.6. The second-order valence-corrected chi connectivity index (χ2v) is 3.31. The molecule has 0 spiro atoms. The number of carboxylic acids is 1. The summed E-state index contributed by atoms with van der Waals surface area (Å²) in [6.45, 7) is 1.35. The summed E-state index contributed by atoms with van der Waals surface area (Å²) in [6.07, 6.45) is -1.27. The maximum absolute atomic E-state index is 11.3. The molecule has 0 aliphatic rings. The van der Waals surface area contributed by atoms with E-state index in [0.717, 1.165) is 0 Å². The number of hydrogen-bond donors (Lipinski definition) is 2. The largest absolute Gasteiger partial charge is 0.480 e. The fraction of sp³-hybridized carbons (Fsp3) is 0.750. The molecular weight excluding hydrogens is 174 g/mol. The number of aliphatic carboxylic acids is 1. The van der Waals surface area contributed by atoms with Crippen LogP contribution in [0.4, 0.5) is 4.79 Å². The van der Waals surface area contributed by atoms with Crippen LogP contribution in [-0.4, -0.2) is 28.8 Å². The van der Waals surface area contributed by atoms with Crippen LogP contribution in [0.25, 0.3) is 0 Å². The third kappa shape index (κ3) is 5.95. The van der Waals surface area contributed by atoms with E-state index in [-0.39, 0.29) is 0 Å². The monoisotopic (exact) mass is 193 g/mol. The Hall–Kier alpha value is -1.26. The lowest BCUT2D eigenvalue weighted by molar-refractivity contribution is -0.139. The molecule has 0 aliphatic heterocycles. The molecule has 0 aromatic rings. The Morgan fingerprint density at radius 1 is 1.62 bits per heavy atom. The van der Waals surface area contributed by atoms with E-state index in [1.807, 2.05) is 0 Å². The van der Waals surface area contributed by atoms with Gasteiger partial charge in [0, 0.05) is 4.11 Å². The molecule has 0 saturated heterocycles. The first kappa shape index (κ1) is 6.23. The standard InChI is InChI=1S/C8H15NO4/c1-5(6(10)11)9-7(12)13-8(2,3)4/h5H,1-4H3,(H,9,12)(H,10,11)/t5-/m0/s1/i1D3,5D. The van der Waals surface area contributed by atoms with Gasteiger partial charge in [-0.1, -0.05) is 0 Å². The molecule has 0 aliphatic carbocycles. The summed E-state index contributed by atoms with van der Waals surface area (Å²) in [5.74, 6) is -1.98. The van der Waals surface area contributed by atoms with Gasteiger partial charge in [0.25, 0.3) is 0 Å². The van der Waals surface area contributed by atoms with Crippen LogP contribution in [0.5, 0.6) is 0 Å². The van der Waals surface area contributed by atoms with Crippen molar-refractivity contribution in [1.82, 2.24) is 5.32 Å². The van der Waals surface area contributed by atoms with Crippen LogP contribution in [0.2, 0.25) is 0 Å². The predicted octanol–water partition coefficient (Wildman–Crippen LogP) is 0.984. The molecule has 0 saturated carbocycles. The molecule has 13 heavy (non-hydrogen) atoms. The number of carbonyl (C=O) groups excluding carboxylic acids is 1. The molecule has 1 amide bonds. The average molecular weight is 193 g/mol. The number of rotatable bonds is 2. The van der Waals surface area contributed by atoms with E-state index in [1.165, 1.54) is 26.1 Å². The van der Waals surface area contributed by atoms with Crippen LogP contribution in [0.1, 0.15) is 33.1 Å². The number of carbonyl (C=O) groups is 2. The molecule has 5 nitrogen and oxygen atoms in total. The summed E-state index contributed by atoms with van der Waals surface area (Å²) in [5, 5.41) is 10.2. The summed E-state index contributed by atoms with van der Waals surface area (Å²) >= 11 is 0. The van der Waals surface area contributed by atoms with E-state index in [4.69, 9.17) is 15.3 Å². The van der Waals surface area contributed by atoms with Crippen molar-refractivity contribution in [2.24, 2.45) is 0 Å².